The molecule has 0 amide bonds. The summed E-state index contributed by atoms with van der Waals surface area (Å²) in [4.78, 5) is 15.8. The number of likely N-dealkylation sites (tertiary alicyclic amines) is 1. The quantitative estimate of drug-likeness (QED) is 0.588. The van der Waals surface area contributed by atoms with Gasteiger partial charge in [-0.2, -0.15) is 5.26 Å². The van der Waals surface area contributed by atoms with E-state index in [-0.39, 0.29) is 6.79 Å². The number of piperidine rings is 1. The molecule has 1 saturated heterocycles. The first-order valence-electron chi connectivity index (χ1n) is 11.3. The summed E-state index contributed by atoms with van der Waals surface area (Å²) in [5.74, 6) is 4.18. The fourth-order valence-electron chi connectivity index (χ4n) is 4.45. The fourth-order valence-corrected chi connectivity index (χ4v) is 4.45. The summed E-state index contributed by atoms with van der Waals surface area (Å²) >= 11 is 0. The number of methoxy groups -OCH3 is 1. The lowest BCUT2D eigenvalue weighted by Crippen LogP contribution is -2.33. The van der Waals surface area contributed by atoms with Crippen LogP contribution in [0.2, 0.25) is 0 Å². The predicted molar refractivity (Wildman–Crippen MR) is 125 cm³/mol. The van der Waals surface area contributed by atoms with Crippen LogP contribution >= 0.6 is 0 Å². The zero-order valence-electron chi connectivity index (χ0n) is 19.2. The van der Waals surface area contributed by atoms with E-state index in [2.05, 4.69) is 20.2 Å². The molecule has 34 heavy (non-hydrogen) atoms. The number of ether oxygens (including phenoxy) is 3. The molecule has 5 rings (SSSR count). The number of hydrogen-bond acceptors (Lipinski definition) is 9. The Balaban J connectivity index is 1.24. The highest BCUT2D eigenvalue weighted by Gasteiger charge is 2.25. The summed E-state index contributed by atoms with van der Waals surface area (Å²) < 4.78 is 16.6. The van der Waals surface area contributed by atoms with E-state index in [1.54, 1.807) is 19.4 Å². The summed E-state index contributed by atoms with van der Waals surface area (Å²) in [5, 5.41) is 12.2. The van der Waals surface area contributed by atoms with Gasteiger partial charge in [-0.1, -0.05) is 0 Å². The Labute approximate surface area is 198 Å². The minimum absolute atomic E-state index is 0.254. The molecule has 0 bridgehead atoms. The Hall–Kier alpha value is -3.90. The van der Waals surface area contributed by atoms with Crippen LogP contribution in [-0.4, -0.2) is 46.8 Å². The number of benzene rings is 1. The summed E-state index contributed by atoms with van der Waals surface area (Å²) in [5.41, 5.74) is 3.33. The highest BCUT2D eigenvalue weighted by Crippen LogP contribution is 2.39. The summed E-state index contributed by atoms with van der Waals surface area (Å²) in [6.07, 6.45) is 3.67. The van der Waals surface area contributed by atoms with E-state index in [1.165, 1.54) is 0 Å². The summed E-state index contributed by atoms with van der Waals surface area (Å²) in [6.45, 7) is 4.89. The van der Waals surface area contributed by atoms with E-state index in [9.17, 15) is 0 Å². The van der Waals surface area contributed by atoms with Crippen molar-refractivity contribution in [3.63, 3.8) is 0 Å². The second-order valence-corrected chi connectivity index (χ2v) is 8.46. The van der Waals surface area contributed by atoms with E-state index in [4.69, 9.17) is 24.5 Å². The van der Waals surface area contributed by atoms with Gasteiger partial charge in [-0.3, -0.25) is 4.90 Å². The number of aromatic nitrogens is 3. The molecule has 3 aromatic rings. The van der Waals surface area contributed by atoms with Gasteiger partial charge in [-0.05, 0) is 51.1 Å². The molecule has 0 unspecified atom stereocenters. The maximum atomic E-state index is 8.93. The van der Waals surface area contributed by atoms with Crippen molar-refractivity contribution < 1.29 is 14.2 Å². The van der Waals surface area contributed by atoms with Crippen molar-refractivity contribution in [2.24, 2.45) is 0 Å². The maximum Gasteiger partial charge on any atom is 0.231 e. The monoisotopic (exact) mass is 458 g/mol. The van der Waals surface area contributed by atoms with Crippen LogP contribution in [0.25, 0.3) is 0 Å². The SMILES string of the molecule is COc1cc2c(cc1CN1CCC(c3cc(Nc4ccc(C#N)nc4)nc(C)n3)CC1)OCO2. The van der Waals surface area contributed by atoms with Crippen LogP contribution in [0.5, 0.6) is 17.2 Å². The van der Waals surface area contributed by atoms with Gasteiger partial charge in [-0.25, -0.2) is 15.0 Å². The van der Waals surface area contributed by atoms with Crippen LogP contribution in [0.15, 0.2) is 36.5 Å². The lowest BCUT2D eigenvalue weighted by atomic mass is 9.92. The van der Waals surface area contributed by atoms with Crippen LogP contribution in [-0.2, 0) is 6.54 Å². The minimum atomic E-state index is 0.254. The summed E-state index contributed by atoms with van der Waals surface area (Å²) in [6, 6.07) is 11.5. The minimum Gasteiger partial charge on any atom is -0.496 e. The van der Waals surface area contributed by atoms with Crippen LogP contribution < -0.4 is 19.5 Å². The molecule has 2 aliphatic rings. The molecule has 4 heterocycles. The largest absolute Gasteiger partial charge is 0.496 e. The Morgan fingerprint density at radius 2 is 1.94 bits per heavy atom. The van der Waals surface area contributed by atoms with Crippen LogP contribution in [0.1, 0.15) is 41.5 Å². The molecule has 1 N–H and O–H groups in total. The number of nitriles is 1. The highest BCUT2D eigenvalue weighted by molar-refractivity contribution is 5.56. The van der Waals surface area contributed by atoms with Gasteiger partial charge in [0.25, 0.3) is 0 Å². The number of fused-ring (bicyclic) bond motifs is 1. The number of nitrogens with zero attached hydrogens (tertiary/aromatic N) is 5. The van der Waals surface area contributed by atoms with Gasteiger partial charge in [0.1, 0.15) is 29.2 Å². The molecule has 1 fully saturated rings. The molecule has 2 aromatic heterocycles. The third-order valence-corrected chi connectivity index (χ3v) is 6.18. The smallest absolute Gasteiger partial charge is 0.231 e. The van der Waals surface area contributed by atoms with E-state index in [0.717, 1.165) is 78.3 Å². The molecule has 174 valence electrons. The lowest BCUT2D eigenvalue weighted by molar-refractivity contribution is 0.173. The number of rotatable bonds is 6. The normalized spacial score (nSPS) is 15.7. The number of pyridine rings is 1. The van der Waals surface area contributed by atoms with Gasteiger partial charge < -0.3 is 19.5 Å². The van der Waals surface area contributed by atoms with Crippen molar-refractivity contribution in [3.05, 3.63) is 59.3 Å². The molecular weight excluding hydrogens is 432 g/mol. The molecule has 0 spiro atoms. The molecule has 0 saturated carbocycles. The number of aryl methyl sites for hydroxylation is 1. The molecule has 9 heteroatoms. The van der Waals surface area contributed by atoms with Gasteiger partial charge in [0.2, 0.25) is 6.79 Å². The van der Waals surface area contributed by atoms with Crippen molar-refractivity contribution in [2.45, 2.75) is 32.2 Å². The van der Waals surface area contributed by atoms with E-state index in [1.807, 2.05) is 37.3 Å². The Bertz CT molecular complexity index is 1220. The maximum absolute atomic E-state index is 8.93. The topological polar surface area (TPSA) is 105 Å². The van der Waals surface area contributed by atoms with Crippen LogP contribution in [0.3, 0.4) is 0 Å². The van der Waals surface area contributed by atoms with Gasteiger partial charge in [0, 0.05) is 35.9 Å². The van der Waals surface area contributed by atoms with E-state index >= 15 is 0 Å². The van der Waals surface area contributed by atoms with Crippen molar-refractivity contribution in [1.82, 2.24) is 19.9 Å². The lowest BCUT2D eigenvalue weighted by Gasteiger charge is -2.32. The third kappa shape index (κ3) is 4.72. The predicted octanol–water partition coefficient (Wildman–Crippen LogP) is 3.91. The molecular formula is C25H26N6O3. The number of nitrogens with one attached hydrogen (secondary N) is 1. The second-order valence-electron chi connectivity index (χ2n) is 8.46. The molecule has 0 radical (unpaired) electrons. The van der Waals surface area contributed by atoms with Crippen molar-refractivity contribution >= 4 is 11.5 Å². The Morgan fingerprint density at radius 3 is 2.65 bits per heavy atom. The Morgan fingerprint density at radius 1 is 1.15 bits per heavy atom. The second kappa shape index (κ2) is 9.53. The first kappa shape index (κ1) is 21.9. The molecule has 2 aliphatic heterocycles. The van der Waals surface area contributed by atoms with Crippen molar-refractivity contribution in [3.8, 4) is 23.3 Å². The third-order valence-electron chi connectivity index (χ3n) is 6.18. The number of anilines is 2. The van der Waals surface area contributed by atoms with Crippen molar-refractivity contribution in [2.75, 3.05) is 32.3 Å². The average Bonchev–Trinajstić information content (AvgIpc) is 3.31. The van der Waals surface area contributed by atoms with Gasteiger partial charge >= 0.3 is 0 Å². The van der Waals surface area contributed by atoms with Gasteiger partial charge in [0.05, 0.1) is 19.0 Å². The van der Waals surface area contributed by atoms with E-state index < -0.39 is 0 Å². The standard InChI is InChI=1S/C25H26N6O3/c1-16-28-21(10-25(29-16)30-20-4-3-19(12-26)27-13-20)17-5-7-31(8-6-17)14-18-9-23-24(34-15-33-23)11-22(18)32-2/h3-4,9-11,13,17H,5-8,14-15H2,1-2H3,(H,28,29,30). The zero-order chi connectivity index (χ0) is 23.5. The van der Waals surface area contributed by atoms with Gasteiger partial charge in [-0.15, -0.1) is 0 Å². The molecule has 1 aromatic carbocycles. The Kier molecular flexibility index (Phi) is 6.14. The van der Waals surface area contributed by atoms with Crippen LogP contribution in [0, 0.1) is 18.3 Å². The molecule has 9 nitrogen and oxygen atoms in total. The first-order valence-corrected chi connectivity index (χ1v) is 11.3. The molecule has 0 atom stereocenters. The van der Waals surface area contributed by atoms with Crippen molar-refractivity contribution in [1.29, 1.82) is 5.26 Å². The highest BCUT2D eigenvalue weighted by atomic mass is 16.7. The van der Waals surface area contributed by atoms with Gasteiger partial charge in [0.15, 0.2) is 11.5 Å². The zero-order valence-corrected chi connectivity index (χ0v) is 19.2. The van der Waals surface area contributed by atoms with Crippen LogP contribution in [0.4, 0.5) is 11.5 Å². The van der Waals surface area contributed by atoms with E-state index in [0.29, 0.717) is 11.6 Å². The molecule has 0 aliphatic carbocycles. The first-order chi connectivity index (χ1) is 16.6. The average molecular weight is 459 g/mol. The number of hydrogen-bond donors (Lipinski definition) is 1. The summed E-state index contributed by atoms with van der Waals surface area (Å²) in [7, 11) is 1.68. The fraction of sp³-hybridized carbons (Fsp3) is 0.360.